The molecule has 0 aliphatic rings. The van der Waals surface area contributed by atoms with E-state index in [0.717, 1.165) is 0 Å². The van der Waals surface area contributed by atoms with Crippen LogP contribution in [-0.4, -0.2) is 23.1 Å². The Morgan fingerprint density at radius 1 is 1.50 bits per heavy atom. The zero-order valence-electron chi connectivity index (χ0n) is 7.23. The molecule has 0 radical (unpaired) electrons. The predicted molar refractivity (Wildman–Crippen MR) is 41.6 cm³/mol. The summed E-state index contributed by atoms with van der Waals surface area (Å²) in [7, 11) is -2.73. The lowest BCUT2D eigenvalue weighted by molar-refractivity contribution is -0.157. The topological polar surface area (TPSA) is 72.8 Å². The van der Waals surface area contributed by atoms with E-state index in [1.54, 1.807) is 20.8 Å². The summed E-state index contributed by atoms with van der Waals surface area (Å²) in [5, 5.41) is 0. The summed E-state index contributed by atoms with van der Waals surface area (Å²) in [6.07, 6.45) is 0. The van der Waals surface area contributed by atoms with Crippen molar-refractivity contribution >= 4 is 14.2 Å². The third kappa shape index (κ3) is 7.60. The SMILES string of the molecule is CC(C)(C)OC(=O)CO[P+](=O)O. The fraction of sp³-hybridized carbons (Fsp3) is 0.833. The van der Waals surface area contributed by atoms with Crippen LogP contribution in [0.15, 0.2) is 0 Å². The lowest BCUT2D eigenvalue weighted by atomic mass is 10.2. The number of ether oxygens (including phenoxy) is 1. The third-order valence-electron chi connectivity index (χ3n) is 0.713. The second-order valence-corrected chi connectivity index (χ2v) is 3.83. The molecule has 0 fully saturated rings. The Morgan fingerprint density at radius 2 is 2.00 bits per heavy atom. The Hall–Kier alpha value is -0.510. The molecule has 0 bridgehead atoms. The van der Waals surface area contributed by atoms with E-state index in [2.05, 4.69) is 4.52 Å². The quantitative estimate of drug-likeness (QED) is 0.537. The van der Waals surface area contributed by atoms with Gasteiger partial charge in [0.1, 0.15) is 5.60 Å². The summed E-state index contributed by atoms with van der Waals surface area (Å²) in [5.41, 5.74) is -0.596. The maximum Gasteiger partial charge on any atom is 0.695 e. The molecule has 1 N–H and O–H groups in total. The molecule has 0 aliphatic heterocycles. The average molecular weight is 195 g/mol. The Labute approximate surface area is 71.6 Å². The molecule has 0 aromatic heterocycles. The third-order valence-corrected chi connectivity index (χ3v) is 1.06. The number of rotatable bonds is 3. The van der Waals surface area contributed by atoms with Gasteiger partial charge in [-0.05, 0) is 20.8 Å². The first kappa shape index (κ1) is 11.5. The molecular weight excluding hydrogens is 183 g/mol. The Bertz CT molecular complexity index is 183. The minimum atomic E-state index is -2.73. The van der Waals surface area contributed by atoms with Gasteiger partial charge in [0.15, 0.2) is 0 Å². The summed E-state index contributed by atoms with van der Waals surface area (Å²) < 4.78 is 18.9. The molecule has 0 saturated heterocycles. The standard InChI is InChI=1S/C6H11O5P/c1-6(2,3)11-5(7)4-10-12(8)9/h4H2,1-3H3/p+1. The summed E-state index contributed by atoms with van der Waals surface area (Å²) in [6, 6.07) is 0. The number of carbonyl (C=O) groups is 1. The smallest absolute Gasteiger partial charge is 0.458 e. The lowest BCUT2D eigenvalue weighted by Gasteiger charge is -2.18. The monoisotopic (exact) mass is 195 g/mol. The highest BCUT2D eigenvalue weighted by Crippen LogP contribution is 2.15. The molecule has 0 aliphatic carbocycles. The zero-order valence-corrected chi connectivity index (χ0v) is 8.13. The maximum atomic E-state index is 10.8. The van der Waals surface area contributed by atoms with Crippen LogP contribution < -0.4 is 0 Å². The van der Waals surface area contributed by atoms with Gasteiger partial charge in [-0.25, -0.2) is 4.79 Å². The molecule has 0 spiro atoms. The molecule has 12 heavy (non-hydrogen) atoms. The van der Waals surface area contributed by atoms with Crippen LogP contribution >= 0.6 is 8.25 Å². The van der Waals surface area contributed by atoms with Gasteiger partial charge in [-0.3, -0.25) is 0 Å². The van der Waals surface area contributed by atoms with E-state index in [9.17, 15) is 9.36 Å². The molecule has 1 atom stereocenters. The minimum Gasteiger partial charge on any atom is -0.458 e. The van der Waals surface area contributed by atoms with Crippen molar-refractivity contribution in [3.63, 3.8) is 0 Å². The Morgan fingerprint density at radius 3 is 2.33 bits per heavy atom. The molecule has 0 amide bonds. The molecule has 0 aromatic rings. The van der Waals surface area contributed by atoms with Gasteiger partial charge in [0.05, 0.1) is 0 Å². The van der Waals surface area contributed by atoms with E-state index in [0.29, 0.717) is 0 Å². The Kier molecular flexibility index (Phi) is 4.31. The lowest BCUT2D eigenvalue weighted by Crippen LogP contribution is -2.25. The first-order chi connectivity index (χ1) is 5.31. The summed E-state index contributed by atoms with van der Waals surface area (Å²) in [5.74, 6) is -0.653. The highest BCUT2D eigenvalue weighted by molar-refractivity contribution is 7.32. The van der Waals surface area contributed by atoms with Gasteiger partial charge in [0.2, 0.25) is 6.61 Å². The van der Waals surface area contributed by atoms with E-state index in [-0.39, 0.29) is 0 Å². The van der Waals surface area contributed by atoms with Gasteiger partial charge >= 0.3 is 14.2 Å². The molecule has 0 aromatic carbocycles. The minimum absolute atomic E-state index is 0.497. The van der Waals surface area contributed by atoms with Gasteiger partial charge < -0.3 is 4.74 Å². The summed E-state index contributed by atoms with van der Waals surface area (Å²) in [4.78, 5) is 19.0. The molecule has 0 heterocycles. The predicted octanol–water partition coefficient (Wildman–Crippen LogP) is 0.994. The van der Waals surface area contributed by atoms with Gasteiger partial charge in [-0.15, -0.1) is 9.42 Å². The normalized spacial score (nSPS) is 12.5. The first-order valence-electron chi connectivity index (χ1n) is 3.32. The van der Waals surface area contributed by atoms with E-state index in [1.807, 2.05) is 0 Å². The molecule has 6 heteroatoms. The molecule has 1 unspecified atom stereocenters. The van der Waals surface area contributed by atoms with Crippen molar-refractivity contribution in [2.45, 2.75) is 26.4 Å². The molecule has 0 rings (SSSR count). The summed E-state index contributed by atoms with van der Waals surface area (Å²) >= 11 is 0. The van der Waals surface area contributed by atoms with Crippen LogP contribution in [0.3, 0.4) is 0 Å². The Balaban J connectivity index is 3.68. The molecular formula is C6H12O5P+. The second-order valence-electron chi connectivity index (χ2n) is 3.10. The van der Waals surface area contributed by atoms with Crippen molar-refractivity contribution in [2.75, 3.05) is 6.61 Å². The van der Waals surface area contributed by atoms with Crippen LogP contribution in [0.4, 0.5) is 0 Å². The van der Waals surface area contributed by atoms with Crippen molar-refractivity contribution in [3.05, 3.63) is 0 Å². The van der Waals surface area contributed by atoms with Crippen molar-refractivity contribution in [3.8, 4) is 0 Å². The molecule has 70 valence electrons. The second kappa shape index (κ2) is 4.50. The maximum absolute atomic E-state index is 10.8. The van der Waals surface area contributed by atoms with Crippen molar-refractivity contribution < 1.29 is 23.5 Å². The van der Waals surface area contributed by atoms with Crippen LogP contribution in [-0.2, 0) is 18.6 Å². The fourth-order valence-electron chi connectivity index (χ4n) is 0.479. The van der Waals surface area contributed by atoms with Crippen molar-refractivity contribution in [1.82, 2.24) is 0 Å². The van der Waals surface area contributed by atoms with Crippen LogP contribution in [0.25, 0.3) is 0 Å². The highest BCUT2D eigenvalue weighted by Gasteiger charge is 2.21. The average Bonchev–Trinajstić information content (AvgIpc) is 1.79. The van der Waals surface area contributed by atoms with Crippen LogP contribution in [0.1, 0.15) is 20.8 Å². The zero-order chi connectivity index (χ0) is 9.78. The van der Waals surface area contributed by atoms with Gasteiger partial charge in [-0.2, -0.15) is 0 Å². The van der Waals surface area contributed by atoms with Crippen LogP contribution in [0, 0.1) is 0 Å². The van der Waals surface area contributed by atoms with Crippen LogP contribution in [0.2, 0.25) is 0 Å². The van der Waals surface area contributed by atoms with Gasteiger partial charge in [0, 0.05) is 4.57 Å². The van der Waals surface area contributed by atoms with Gasteiger partial charge in [0.25, 0.3) is 0 Å². The molecule has 5 nitrogen and oxygen atoms in total. The highest BCUT2D eigenvalue weighted by atomic mass is 31.1. The van der Waals surface area contributed by atoms with Crippen molar-refractivity contribution in [1.29, 1.82) is 0 Å². The number of hydrogen-bond acceptors (Lipinski definition) is 4. The first-order valence-corrected chi connectivity index (χ1v) is 4.45. The van der Waals surface area contributed by atoms with Crippen LogP contribution in [0.5, 0.6) is 0 Å². The molecule has 0 saturated carbocycles. The summed E-state index contributed by atoms with van der Waals surface area (Å²) in [6.45, 7) is 4.60. The largest absolute Gasteiger partial charge is 0.695 e. The van der Waals surface area contributed by atoms with E-state index in [1.165, 1.54) is 0 Å². The number of carbonyl (C=O) groups excluding carboxylic acids is 1. The van der Waals surface area contributed by atoms with Gasteiger partial charge in [-0.1, -0.05) is 0 Å². The fourth-order valence-corrected chi connectivity index (χ4v) is 0.695. The van der Waals surface area contributed by atoms with E-state index >= 15 is 0 Å². The number of esters is 1. The number of hydrogen-bond donors (Lipinski definition) is 1. The van der Waals surface area contributed by atoms with E-state index < -0.39 is 26.4 Å². The van der Waals surface area contributed by atoms with E-state index in [4.69, 9.17) is 9.63 Å². The van der Waals surface area contributed by atoms with Crippen molar-refractivity contribution in [2.24, 2.45) is 0 Å².